The van der Waals surface area contributed by atoms with Crippen molar-refractivity contribution in [3.8, 4) is 5.69 Å². The first kappa shape index (κ1) is 16.2. The van der Waals surface area contributed by atoms with E-state index >= 15 is 0 Å². The van der Waals surface area contributed by atoms with Crippen molar-refractivity contribution >= 4 is 17.6 Å². The van der Waals surface area contributed by atoms with Gasteiger partial charge in [-0.25, -0.2) is 14.5 Å². The van der Waals surface area contributed by atoms with Crippen LogP contribution in [0.25, 0.3) is 5.69 Å². The predicted octanol–water partition coefficient (Wildman–Crippen LogP) is 3.83. The molecule has 2 aromatic carbocycles. The normalized spacial score (nSPS) is 10.8. The predicted molar refractivity (Wildman–Crippen MR) is 92.1 cm³/mol. The Bertz CT molecular complexity index is 901. The lowest BCUT2D eigenvalue weighted by molar-refractivity contribution is 0.0696. The lowest BCUT2D eigenvalue weighted by Gasteiger charge is -2.06. The molecule has 0 aliphatic rings. The van der Waals surface area contributed by atoms with Crippen LogP contribution >= 0.6 is 11.6 Å². The van der Waals surface area contributed by atoms with Crippen molar-refractivity contribution in [1.82, 2.24) is 14.8 Å². The quantitative estimate of drug-likeness (QED) is 0.783. The van der Waals surface area contributed by atoms with Gasteiger partial charge in [0.25, 0.3) is 0 Å². The Balaban J connectivity index is 1.90. The molecule has 0 amide bonds. The maximum Gasteiger partial charge on any atom is 0.335 e. The molecule has 0 saturated heterocycles. The Kier molecular flexibility index (Phi) is 4.36. The number of halogens is 1. The Morgan fingerprint density at radius 2 is 1.88 bits per heavy atom. The molecular weight excluding hydrogens is 326 g/mol. The van der Waals surface area contributed by atoms with E-state index in [2.05, 4.69) is 10.1 Å². The van der Waals surface area contributed by atoms with Gasteiger partial charge in [0, 0.05) is 11.4 Å². The molecule has 0 fully saturated rings. The molecule has 0 atom stereocenters. The average Bonchev–Trinajstić information content (AvgIpc) is 2.89. The van der Waals surface area contributed by atoms with Crippen LogP contribution in [0.4, 0.5) is 0 Å². The molecular formula is C18H16ClN3O2. The number of carboxylic acids is 1. The minimum atomic E-state index is -0.933. The van der Waals surface area contributed by atoms with Gasteiger partial charge in [0.15, 0.2) is 5.82 Å². The van der Waals surface area contributed by atoms with E-state index in [0.29, 0.717) is 22.8 Å². The van der Waals surface area contributed by atoms with Crippen LogP contribution in [-0.2, 0) is 6.42 Å². The molecule has 1 N–H and O–H groups in total. The Hall–Kier alpha value is -2.66. The third kappa shape index (κ3) is 3.31. The highest BCUT2D eigenvalue weighted by atomic mass is 35.5. The van der Waals surface area contributed by atoms with Gasteiger partial charge in [-0.2, -0.15) is 5.10 Å². The summed E-state index contributed by atoms with van der Waals surface area (Å²) in [6.45, 7) is 3.65. The van der Waals surface area contributed by atoms with Crippen LogP contribution in [0.2, 0.25) is 5.02 Å². The second-order valence-electron chi connectivity index (χ2n) is 5.59. The van der Waals surface area contributed by atoms with E-state index in [0.717, 1.165) is 17.1 Å². The van der Waals surface area contributed by atoms with Gasteiger partial charge in [0.05, 0.1) is 11.3 Å². The summed E-state index contributed by atoms with van der Waals surface area (Å²) < 4.78 is 1.73. The molecule has 0 saturated carbocycles. The largest absolute Gasteiger partial charge is 0.478 e. The van der Waals surface area contributed by atoms with Gasteiger partial charge >= 0.3 is 5.97 Å². The molecule has 122 valence electrons. The van der Waals surface area contributed by atoms with Crippen molar-refractivity contribution in [2.24, 2.45) is 0 Å². The number of rotatable bonds is 4. The number of hydrogen-bond acceptors (Lipinski definition) is 3. The van der Waals surface area contributed by atoms with Crippen LogP contribution in [0.3, 0.4) is 0 Å². The molecule has 1 heterocycles. The molecule has 0 unspecified atom stereocenters. The maximum absolute atomic E-state index is 11.1. The highest BCUT2D eigenvalue weighted by molar-refractivity contribution is 6.30. The maximum atomic E-state index is 11.1. The zero-order valence-corrected chi connectivity index (χ0v) is 14.1. The molecule has 24 heavy (non-hydrogen) atoms. The van der Waals surface area contributed by atoms with Gasteiger partial charge in [-0.3, -0.25) is 0 Å². The monoisotopic (exact) mass is 341 g/mol. The fourth-order valence-electron chi connectivity index (χ4n) is 2.57. The minimum absolute atomic E-state index is 0.290. The number of aromatic carboxylic acids is 1. The number of carbonyl (C=O) groups is 1. The summed E-state index contributed by atoms with van der Waals surface area (Å²) in [6, 6.07) is 12.7. The van der Waals surface area contributed by atoms with Gasteiger partial charge in [-0.1, -0.05) is 23.7 Å². The van der Waals surface area contributed by atoms with E-state index in [1.807, 2.05) is 31.2 Å². The van der Waals surface area contributed by atoms with Crippen LogP contribution in [0.1, 0.15) is 33.1 Å². The van der Waals surface area contributed by atoms with Crippen LogP contribution in [0.15, 0.2) is 42.5 Å². The van der Waals surface area contributed by atoms with E-state index in [-0.39, 0.29) is 5.56 Å². The molecule has 0 bridgehead atoms. The molecule has 0 aliphatic carbocycles. The van der Waals surface area contributed by atoms with Crippen molar-refractivity contribution in [2.45, 2.75) is 20.3 Å². The Labute approximate surface area is 144 Å². The van der Waals surface area contributed by atoms with Gasteiger partial charge < -0.3 is 5.11 Å². The van der Waals surface area contributed by atoms with Gasteiger partial charge in [-0.15, -0.1) is 0 Å². The van der Waals surface area contributed by atoms with E-state index in [1.54, 1.807) is 29.8 Å². The average molecular weight is 342 g/mol. The van der Waals surface area contributed by atoms with E-state index in [9.17, 15) is 4.79 Å². The summed E-state index contributed by atoms with van der Waals surface area (Å²) in [5.41, 5.74) is 2.85. The highest BCUT2D eigenvalue weighted by Gasteiger charge is 2.12. The number of carboxylic acid groups (broad SMARTS) is 1. The zero-order chi connectivity index (χ0) is 17.3. The number of benzene rings is 2. The lowest BCUT2D eigenvalue weighted by Crippen LogP contribution is -2.04. The first-order valence-electron chi connectivity index (χ1n) is 7.45. The number of nitrogens with zero attached hydrogens (tertiary/aromatic N) is 3. The summed E-state index contributed by atoms with van der Waals surface area (Å²) >= 11 is 5.90. The van der Waals surface area contributed by atoms with E-state index in [1.165, 1.54) is 0 Å². The molecule has 1 aromatic heterocycles. The minimum Gasteiger partial charge on any atom is -0.478 e. The SMILES string of the molecule is Cc1cc(-n2nc(Cc3ccc(Cl)cc3)nc2C)ccc1C(=O)O. The smallest absolute Gasteiger partial charge is 0.335 e. The third-order valence-corrected chi connectivity index (χ3v) is 4.03. The number of hydrogen-bond donors (Lipinski definition) is 1. The second-order valence-corrected chi connectivity index (χ2v) is 6.03. The van der Waals surface area contributed by atoms with Crippen molar-refractivity contribution in [1.29, 1.82) is 0 Å². The summed E-state index contributed by atoms with van der Waals surface area (Å²) in [5.74, 6) is 0.522. The van der Waals surface area contributed by atoms with Gasteiger partial charge in [0.2, 0.25) is 0 Å². The Morgan fingerprint density at radius 3 is 2.50 bits per heavy atom. The Morgan fingerprint density at radius 1 is 1.17 bits per heavy atom. The van der Waals surface area contributed by atoms with Gasteiger partial charge in [0.1, 0.15) is 5.82 Å². The van der Waals surface area contributed by atoms with E-state index < -0.39 is 5.97 Å². The van der Waals surface area contributed by atoms with Crippen molar-refractivity contribution in [3.63, 3.8) is 0 Å². The summed E-state index contributed by atoms with van der Waals surface area (Å²) in [7, 11) is 0. The molecule has 0 spiro atoms. The zero-order valence-electron chi connectivity index (χ0n) is 13.3. The van der Waals surface area contributed by atoms with Crippen molar-refractivity contribution < 1.29 is 9.90 Å². The first-order valence-corrected chi connectivity index (χ1v) is 7.83. The highest BCUT2D eigenvalue weighted by Crippen LogP contribution is 2.17. The summed E-state index contributed by atoms with van der Waals surface area (Å²) in [5, 5.41) is 14.4. The van der Waals surface area contributed by atoms with Crippen LogP contribution in [-0.4, -0.2) is 25.8 Å². The summed E-state index contributed by atoms with van der Waals surface area (Å²) in [4.78, 5) is 15.6. The molecule has 5 nitrogen and oxygen atoms in total. The lowest BCUT2D eigenvalue weighted by atomic mass is 10.1. The fraction of sp³-hybridized carbons (Fsp3) is 0.167. The molecule has 3 rings (SSSR count). The molecule has 3 aromatic rings. The van der Waals surface area contributed by atoms with Crippen molar-refractivity contribution in [2.75, 3.05) is 0 Å². The van der Waals surface area contributed by atoms with Crippen LogP contribution in [0, 0.1) is 13.8 Å². The van der Waals surface area contributed by atoms with Crippen molar-refractivity contribution in [3.05, 3.63) is 75.8 Å². The number of aromatic nitrogens is 3. The molecule has 0 radical (unpaired) electrons. The fourth-order valence-corrected chi connectivity index (χ4v) is 2.69. The third-order valence-electron chi connectivity index (χ3n) is 3.77. The van der Waals surface area contributed by atoms with Crippen LogP contribution in [0.5, 0.6) is 0 Å². The standard InChI is InChI=1S/C18H16ClN3O2/c1-11-9-15(7-8-16(11)18(23)24)22-12(2)20-17(21-22)10-13-3-5-14(19)6-4-13/h3-9H,10H2,1-2H3,(H,23,24). The van der Waals surface area contributed by atoms with Gasteiger partial charge in [-0.05, 0) is 55.3 Å². The topological polar surface area (TPSA) is 68.0 Å². The number of aryl methyl sites for hydroxylation is 2. The molecule has 0 aliphatic heterocycles. The summed E-state index contributed by atoms with van der Waals surface area (Å²) in [6.07, 6.45) is 0.608. The molecule has 6 heteroatoms. The second kappa shape index (κ2) is 6.45. The van der Waals surface area contributed by atoms with E-state index in [4.69, 9.17) is 16.7 Å². The van der Waals surface area contributed by atoms with Crippen LogP contribution < -0.4 is 0 Å². The first-order chi connectivity index (χ1) is 11.4.